The molecule has 3 aromatic rings. The van der Waals surface area contributed by atoms with Crippen molar-refractivity contribution in [1.82, 2.24) is 0 Å². The van der Waals surface area contributed by atoms with Crippen molar-refractivity contribution in [3.8, 4) is 28.0 Å². The topological polar surface area (TPSA) is 9.23 Å². The van der Waals surface area contributed by atoms with E-state index in [0.717, 1.165) is 28.0 Å². The molecule has 0 atom stereocenters. The van der Waals surface area contributed by atoms with Gasteiger partial charge in [0, 0.05) is 5.56 Å². The lowest BCUT2D eigenvalue weighted by molar-refractivity contribution is 0.376. The maximum Gasteiger partial charge on any atom is 0.131 e. The maximum atomic E-state index is 15.3. The van der Waals surface area contributed by atoms with Gasteiger partial charge < -0.3 is 4.74 Å². The lowest BCUT2D eigenvalue weighted by atomic mass is 9.78. The smallest absolute Gasteiger partial charge is 0.131 e. The average molecular weight is 427 g/mol. The second kappa shape index (κ2) is 9.99. The third-order valence-electron chi connectivity index (χ3n) is 6.68. The van der Waals surface area contributed by atoms with Gasteiger partial charge in [-0.25, -0.2) is 4.39 Å². The molecule has 0 aliphatic heterocycles. The number of ether oxygens (including phenoxy) is 1. The van der Waals surface area contributed by atoms with Crippen LogP contribution in [0, 0.1) is 11.7 Å². The number of methoxy groups -OCH3 is 1. The molecule has 1 aliphatic carbocycles. The molecule has 0 bridgehead atoms. The zero-order valence-electron chi connectivity index (χ0n) is 19.0. The molecule has 0 amide bonds. The van der Waals surface area contributed by atoms with Crippen LogP contribution < -0.4 is 4.74 Å². The van der Waals surface area contributed by atoms with Crippen molar-refractivity contribution >= 4 is 6.08 Å². The third kappa shape index (κ3) is 4.70. The Hall–Kier alpha value is -3.13. The standard InChI is InChI=1S/C30H31FO/c1-4-6-26-19-24(22-9-7-21(5-2)8-10-22)13-17-28(26)29-18-14-25(20-30(29)31)23-11-15-27(32-3)16-12-23/h4-6,11-22H,2,7-10H2,1,3H3. The lowest BCUT2D eigenvalue weighted by Gasteiger charge is -2.27. The average Bonchev–Trinajstić information content (AvgIpc) is 2.84. The van der Waals surface area contributed by atoms with Gasteiger partial charge in [-0.05, 0) is 90.5 Å². The fraction of sp³-hybridized carbons (Fsp3) is 0.267. The summed E-state index contributed by atoms with van der Waals surface area (Å²) in [5, 5.41) is 0. The third-order valence-corrected chi connectivity index (χ3v) is 6.68. The fourth-order valence-corrected chi connectivity index (χ4v) is 4.78. The van der Waals surface area contributed by atoms with Crippen LogP contribution in [0.5, 0.6) is 5.75 Å². The molecule has 0 N–H and O–H groups in total. The Morgan fingerprint density at radius 2 is 1.56 bits per heavy atom. The molecule has 2 heteroatoms. The normalized spacial score (nSPS) is 18.6. The van der Waals surface area contributed by atoms with Crippen LogP contribution in [0.15, 0.2) is 79.4 Å². The van der Waals surface area contributed by atoms with Gasteiger partial charge in [-0.2, -0.15) is 0 Å². The van der Waals surface area contributed by atoms with E-state index in [9.17, 15) is 0 Å². The summed E-state index contributed by atoms with van der Waals surface area (Å²) < 4.78 is 20.5. The van der Waals surface area contributed by atoms with Gasteiger partial charge in [0.1, 0.15) is 11.6 Å². The second-order valence-corrected chi connectivity index (χ2v) is 8.62. The predicted molar refractivity (Wildman–Crippen MR) is 133 cm³/mol. The van der Waals surface area contributed by atoms with E-state index in [-0.39, 0.29) is 5.82 Å². The van der Waals surface area contributed by atoms with Gasteiger partial charge in [-0.1, -0.05) is 60.7 Å². The van der Waals surface area contributed by atoms with Crippen LogP contribution in [0.25, 0.3) is 28.3 Å². The molecule has 3 aromatic carbocycles. The molecule has 164 valence electrons. The van der Waals surface area contributed by atoms with Crippen LogP contribution in [0.3, 0.4) is 0 Å². The number of rotatable bonds is 6. The van der Waals surface area contributed by atoms with Crippen molar-refractivity contribution in [3.63, 3.8) is 0 Å². The van der Waals surface area contributed by atoms with Gasteiger partial charge in [0.2, 0.25) is 0 Å². The van der Waals surface area contributed by atoms with Gasteiger partial charge in [-0.3, -0.25) is 0 Å². The van der Waals surface area contributed by atoms with Crippen molar-refractivity contribution in [1.29, 1.82) is 0 Å². The van der Waals surface area contributed by atoms with Crippen LogP contribution in [0.1, 0.15) is 49.7 Å². The van der Waals surface area contributed by atoms with E-state index in [1.807, 2.05) is 49.4 Å². The first-order valence-corrected chi connectivity index (χ1v) is 11.5. The first-order valence-electron chi connectivity index (χ1n) is 11.5. The molecule has 0 radical (unpaired) electrons. The van der Waals surface area contributed by atoms with E-state index < -0.39 is 0 Å². The summed E-state index contributed by atoms with van der Waals surface area (Å²) in [6, 6.07) is 19.7. The SMILES string of the molecule is C=CC1CCC(c2ccc(-c3ccc(-c4ccc(OC)cc4)cc3F)c(C=CC)c2)CC1. The minimum atomic E-state index is -0.205. The highest BCUT2D eigenvalue weighted by atomic mass is 19.1. The summed E-state index contributed by atoms with van der Waals surface area (Å²) in [4.78, 5) is 0. The molecule has 0 heterocycles. The minimum absolute atomic E-state index is 0.205. The summed E-state index contributed by atoms with van der Waals surface area (Å²) >= 11 is 0. The molecule has 4 rings (SSSR count). The van der Waals surface area contributed by atoms with Gasteiger partial charge in [0.15, 0.2) is 0 Å². The number of hydrogen-bond donors (Lipinski definition) is 0. The lowest BCUT2D eigenvalue weighted by Crippen LogP contribution is -2.11. The van der Waals surface area contributed by atoms with E-state index in [4.69, 9.17) is 4.74 Å². The van der Waals surface area contributed by atoms with Crippen molar-refractivity contribution in [3.05, 3.63) is 96.3 Å². The van der Waals surface area contributed by atoms with Crippen LogP contribution >= 0.6 is 0 Å². The summed E-state index contributed by atoms with van der Waals surface area (Å²) in [5.74, 6) is 1.81. The molecule has 1 fully saturated rings. The zero-order valence-corrected chi connectivity index (χ0v) is 19.0. The second-order valence-electron chi connectivity index (χ2n) is 8.62. The Balaban J connectivity index is 1.64. The van der Waals surface area contributed by atoms with E-state index >= 15 is 4.39 Å². The molecule has 1 nitrogen and oxygen atoms in total. The van der Waals surface area contributed by atoms with E-state index in [2.05, 4.69) is 36.9 Å². The van der Waals surface area contributed by atoms with Crippen molar-refractivity contribution in [2.24, 2.45) is 5.92 Å². The van der Waals surface area contributed by atoms with E-state index in [1.165, 1.54) is 31.2 Å². The predicted octanol–water partition coefficient (Wildman–Crippen LogP) is 8.66. The largest absolute Gasteiger partial charge is 0.497 e. The van der Waals surface area contributed by atoms with E-state index in [0.29, 0.717) is 17.4 Å². The van der Waals surface area contributed by atoms with E-state index in [1.54, 1.807) is 13.2 Å². The van der Waals surface area contributed by atoms with Gasteiger partial charge >= 0.3 is 0 Å². The fourth-order valence-electron chi connectivity index (χ4n) is 4.78. The van der Waals surface area contributed by atoms with Crippen LogP contribution in [0.4, 0.5) is 4.39 Å². The summed E-state index contributed by atoms with van der Waals surface area (Å²) in [5.41, 5.74) is 5.83. The number of hydrogen-bond acceptors (Lipinski definition) is 1. The van der Waals surface area contributed by atoms with Gasteiger partial charge in [-0.15, -0.1) is 6.58 Å². The molecular weight excluding hydrogens is 395 g/mol. The monoisotopic (exact) mass is 426 g/mol. The highest BCUT2D eigenvalue weighted by Gasteiger charge is 2.21. The highest BCUT2D eigenvalue weighted by Crippen LogP contribution is 2.39. The highest BCUT2D eigenvalue weighted by molar-refractivity contribution is 5.78. The van der Waals surface area contributed by atoms with Gasteiger partial charge in [0.25, 0.3) is 0 Å². The number of benzene rings is 3. The van der Waals surface area contributed by atoms with Crippen molar-refractivity contribution in [2.75, 3.05) is 7.11 Å². The zero-order chi connectivity index (χ0) is 22.5. The molecule has 1 saturated carbocycles. The Bertz CT molecular complexity index is 1100. The first-order chi connectivity index (χ1) is 15.6. The molecule has 32 heavy (non-hydrogen) atoms. The Kier molecular flexibility index (Phi) is 6.90. The van der Waals surface area contributed by atoms with Crippen molar-refractivity contribution in [2.45, 2.75) is 38.5 Å². The maximum absolute atomic E-state index is 15.3. The molecule has 0 spiro atoms. The molecular formula is C30H31FO. The molecule has 0 saturated heterocycles. The quantitative estimate of drug-likeness (QED) is 0.358. The molecule has 1 aliphatic rings. The van der Waals surface area contributed by atoms with Crippen LogP contribution in [0.2, 0.25) is 0 Å². The van der Waals surface area contributed by atoms with Crippen LogP contribution in [-0.4, -0.2) is 7.11 Å². The summed E-state index contributed by atoms with van der Waals surface area (Å²) in [6.07, 6.45) is 11.0. The Morgan fingerprint density at radius 3 is 2.19 bits per heavy atom. The Labute approximate surface area is 191 Å². The molecule has 0 aromatic heterocycles. The Morgan fingerprint density at radius 1 is 0.875 bits per heavy atom. The number of halogens is 1. The summed E-state index contributed by atoms with van der Waals surface area (Å²) in [7, 11) is 1.64. The first kappa shape index (κ1) is 22.1. The van der Waals surface area contributed by atoms with Crippen molar-refractivity contribution < 1.29 is 9.13 Å². The van der Waals surface area contributed by atoms with Crippen LogP contribution in [-0.2, 0) is 0 Å². The minimum Gasteiger partial charge on any atom is -0.497 e. The van der Waals surface area contributed by atoms with Gasteiger partial charge in [0.05, 0.1) is 7.11 Å². The summed E-state index contributed by atoms with van der Waals surface area (Å²) in [6.45, 7) is 5.97. The molecule has 0 unspecified atom stereocenters. The number of allylic oxidation sites excluding steroid dienone is 2.